The van der Waals surface area contributed by atoms with E-state index in [4.69, 9.17) is 0 Å². The lowest BCUT2D eigenvalue weighted by Crippen LogP contribution is -1.93. The SMILES string of the molecule is c1ccc2c(c1)-c1ccccc1-c1c(-c3ccc(-c4ccc(-n5c6ccccc6c6ccccc65)cc4)cc3)sc3c1c-2cc1ccccc13. The number of hydrogen-bond donors (Lipinski definition) is 0. The Hall–Kier alpha value is -6.22. The molecule has 232 valence electrons. The van der Waals surface area contributed by atoms with Crippen molar-refractivity contribution in [3.63, 3.8) is 0 Å². The van der Waals surface area contributed by atoms with Gasteiger partial charge in [-0.2, -0.15) is 0 Å². The fraction of sp³-hybridized carbons (Fsp3) is 0. The van der Waals surface area contributed by atoms with E-state index in [1.807, 2.05) is 11.3 Å². The molecule has 11 rings (SSSR count). The van der Waals surface area contributed by atoms with Gasteiger partial charge in [0.25, 0.3) is 0 Å². The number of rotatable bonds is 3. The molecule has 1 aliphatic carbocycles. The third-order valence-electron chi connectivity index (χ3n) is 10.6. The summed E-state index contributed by atoms with van der Waals surface area (Å²) in [4.78, 5) is 1.33. The minimum absolute atomic E-state index is 1.17. The maximum atomic E-state index is 2.41. The van der Waals surface area contributed by atoms with Crippen LogP contribution in [-0.4, -0.2) is 4.57 Å². The monoisotopic (exact) mass is 651 g/mol. The van der Waals surface area contributed by atoms with Crippen LogP contribution in [0.15, 0.2) is 176 Å². The number of para-hydroxylation sites is 2. The highest BCUT2D eigenvalue weighted by Crippen LogP contribution is 2.55. The second kappa shape index (κ2) is 10.6. The number of hydrogen-bond acceptors (Lipinski definition) is 1. The Morgan fingerprint density at radius 3 is 1.52 bits per heavy atom. The van der Waals surface area contributed by atoms with Crippen molar-refractivity contribution >= 4 is 54.0 Å². The maximum Gasteiger partial charge on any atom is 0.0541 e. The van der Waals surface area contributed by atoms with Gasteiger partial charge in [0.1, 0.15) is 0 Å². The van der Waals surface area contributed by atoms with E-state index in [1.54, 1.807) is 0 Å². The molecule has 0 N–H and O–H groups in total. The highest BCUT2D eigenvalue weighted by molar-refractivity contribution is 7.24. The van der Waals surface area contributed by atoms with Crippen molar-refractivity contribution in [3.05, 3.63) is 176 Å². The van der Waals surface area contributed by atoms with E-state index in [0.717, 1.165) is 0 Å². The zero-order chi connectivity index (χ0) is 32.8. The molecule has 0 atom stereocenters. The molecule has 0 saturated carbocycles. The van der Waals surface area contributed by atoms with Crippen LogP contribution in [0.4, 0.5) is 0 Å². The lowest BCUT2D eigenvalue weighted by Gasteiger charge is -2.12. The van der Waals surface area contributed by atoms with Crippen LogP contribution in [0.5, 0.6) is 0 Å². The Bertz CT molecular complexity index is 2900. The molecular formula is C48H29NS. The maximum absolute atomic E-state index is 2.41. The van der Waals surface area contributed by atoms with E-state index < -0.39 is 0 Å². The van der Waals surface area contributed by atoms with Crippen LogP contribution in [-0.2, 0) is 0 Å². The molecule has 1 aliphatic rings. The quantitative estimate of drug-likeness (QED) is 0.179. The number of fused-ring (bicyclic) bond motifs is 10. The largest absolute Gasteiger partial charge is 0.309 e. The van der Waals surface area contributed by atoms with Gasteiger partial charge in [0.2, 0.25) is 0 Å². The lowest BCUT2D eigenvalue weighted by molar-refractivity contribution is 1.18. The van der Waals surface area contributed by atoms with Crippen molar-refractivity contribution in [2.45, 2.75) is 0 Å². The Kier molecular flexibility index (Phi) is 5.89. The van der Waals surface area contributed by atoms with Crippen LogP contribution in [0.1, 0.15) is 0 Å². The highest BCUT2D eigenvalue weighted by atomic mass is 32.1. The van der Waals surface area contributed by atoms with Crippen LogP contribution in [0.3, 0.4) is 0 Å². The van der Waals surface area contributed by atoms with Crippen LogP contribution >= 0.6 is 11.3 Å². The molecule has 8 aromatic carbocycles. The van der Waals surface area contributed by atoms with Gasteiger partial charge in [-0.15, -0.1) is 11.3 Å². The smallest absolute Gasteiger partial charge is 0.0541 e. The minimum Gasteiger partial charge on any atom is -0.309 e. The summed E-state index contributed by atoms with van der Waals surface area (Å²) in [7, 11) is 0. The third kappa shape index (κ3) is 3.94. The van der Waals surface area contributed by atoms with Crippen LogP contribution in [0.2, 0.25) is 0 Å². The van der Waals surface area contributed by atoms with E-state index in [9.17, 15) is 0 Å². The molecule has 0 spiro atoms. The third-order valence-corrected chi connectivity index (χ3v) is 11.8. The van der Waals surface area contributed by atoms with Crippen LogP contribution < -0.4 is 0 Å². The minimum atomic E-state index is 1.17. The van der Waals surface area contributed by atoms with Gasteiger partial charge < -0.3 is 4.57 Å². The van der Waals surface area contributed by atoms with Crippen LogP contribution in [0.25, 0.3) is 103 Å². The summed E-state index contributed by atoms with van der Waals surface area (Å²) < 4.78 is 3.74. The van der Waals surface area contributed by atoms with Crippen molar-refractivity contribution in [2.24, 2.45) is 0 Å². The van der Waals surface area contributed by atoms with Crippen molar-refractivity contribution in [1.29, 1.82) is 0 Å². The first-order valence-electron chi connectivity index (χ1n) is 17.2. The molecule has 0 aliphatic heterocycles. The van der Waals surface area contributed by atoms with E-state index in [2.05, 4.69) is 180 Å². The highest BCUT2D eigenvalue weighted by Gasteiger charge is 2.27. The average molecular weight is 652 g/mol. The molecule has 50 heavy (non-hydrogen) atoms. The van der Waals surface area contributed by atoms with Gasteiger partial charge in [0, 0.05) is 37.0 Å². The molecule has 0 radical (unpaired) electrons. The summed E-state index contributed by atoms with van der Waals surface area (Å²) >= 11 is 1.93. The van der Waals surface area contributed by atoms with Gasteiger partial charge in [-0.05, 0) is 85.6 Å². The Balaban J connectivity index is 1.06. The van der Waals surface area contributed by atoms with Crippen molar-refractivity contribution in [2.75, 3.05) is 0 Å². The number of aromatic nitrogens is 1. The van der Waals surface area contributed by atoms with Gasteiger partial charge in [-0.3, -0.25) is 0 Å². The predicted octanol–water partition coefficient (Wildman–Crippen LogP) is 13.8. The molecule has 1 nitrogen and oxygen atoms in total. The summed E-state index contributed by atoms with van der Waals surface area (Å²) in [5.41, 5.74) is 15.2. The van der Waals surface area contributed by atoms with E-state index in [-0.39, 0.29) is 0 Å². The van der Waals surface area contributed by atoms with Gasteiger partial charge in [-0.25, -0.2) is 0 Å². The molecule has 10 aromatic rings. The molecule has 2 heterocycles. The molecule has 0 bridgehead atoms. The summed E-state index contributed by atoms with van der Waals surface area (Å²) in [5, 5.41) is 6.54. The average Bonchev–Trinajstić information content (AvgIpc) is 3.72. The summed E-state index contributed by atoms with van der Waals surface area (Å²) in [6.07, 6.45) is 0. The first kappa shape index (κ1) is 27.7. The molecule has 0 unspecified atom stereocenters. The fourth-order valence-electron chi connectivity index (χ4n) is 8.31. The molecule has 2 aromatic heterocycles. The number of nitrogens with zero attached hydrogens (tertiary/aromatic N) is 1. The van der Waals surface area contributed by atoms with Gasteiger partial charge >= 0.3 is 0 Å². The standard InChI is InChI=1S/C48H29NS/c1-2-12-35-33(11-1)29-42-38-15-4-3-13-36(38)37-14-5-6-18-41(37)45-46(42)48(35)50-47(45)32-23-21-30(22-24-32)31-25-27-34(28-26-31)49-43-19-9-7-16-39(43)40-17-8-10-20-44(40)49/h1-29H. The van der Waals surface area contributed by atoms with Gasteiger partial charge in [-0.1, -0.05) is 146 Å². The number of benzene rings is 8. The van der Waals surface area contributed by atoms with E-state index in [1.165, 1.54) is 103 Å². The van der Waals surface area contributed by atoms with Crippen molar-refractivity contribution in [3.8, 4) is 60.6 Å². The van der Waals surface area contributed by atoms with Crippen molar-refractivity contribution < 1.29 is 0 Å². The summed E-state index contributed by atoms with van der Waals surface area (Å²) in [6, 6.07) is 64.8. The van der Waals surface area contributed by atoms with Gasteiger partial charge in [0.05, 0.1) is 11.0 Å². The zero-order valence-corrected chi connectivity index (χ0v) is 27.9. The summed E-state index contributed by atoms with van der Waals surface area (Å²) in [6.45, 7) is 0. The van der Waals surface area contributed by atoms with E-state index >= 15 is 0 Å². The second-order valence-electron chi connectivity index (χ2n) is 13.2. The Morgan fingerprint density at radius 2 is 0.860 bits per heavy atom. The first-order chi connectivity index (χ1) is 24.8. The molecule has 0 amide bonds. The Labute approximate surface area is 293 Å². The zero-order valence-electron chi connectivity index (χ0n) is 27.1. The van der Waals surface area contributed by atoms with Crippen molar-refractivity contribution in [1.82, 2.24) is 4.57 Å². The van der Waals surface area contributed by atoms with E-state index in [0.29, 0.717) is 0 Å². The van der Waals surface area contributed by atoms with Crippen LogP contribution in [0, 0.1) is 0 Å². The number of thiophene rings is 1. The lowest BCUT2D eigenvalue weighted by atomic mass is 9.93. The first-order valence-corrected chi connectivity index (χ1v) is 18.0. The van der Waals surface area contributed by atoms with Gasteiger partial charge in [0.15, 0.2) is 0 Å². The fourth-order valence-corrected chi connectivity index (χ4v) is 9.70. The topological polar surface area (TPSA) is 4.93 Å². The second-order valence-corrected chi connectivity index (χ2v) is 14.3. The molecule has 0 fully saturated rings. The normalized spacial score (nSPS) is 12.0. The predicted molar refractivity (Wildman–Crippen MR) is 214 cm³/mol. The molecule has 0 saturated heterocycles. The molecular weight excluding hydrogens is 623 g/mol. The Morgan fingerprint density at radius 1 is 0.380 bits per heavy atom. The summed E-state index contributed by atoms with van der Waals surface area (Å²) in [5.74, 6) is 0. The molecule has 2 heteroatoms.